The van der Waals surface area contributed by atoms with Crippen LogP contribution in [0.3, 0.4) is 0 Å². The summed E-state index contributed by atoms with van der Waals surface area (Å²) in [6, 6.07) is 5.35. The Morgan fingerprint density at radius 2 is 2.21 bits per heavy atom. The molecule has 1 aliphatic rings. The number of benzene rings is 1. The summed E-state index contributed by atoms with van der Waals surface area (Å²) in [5, 5.41) is 10.2. The number of methoxy groups -OCH3 is 1. The standard InChI is InChI=1S/C23H28ClN5O3S/c1-5-29-20(16-8-7-15(31-4)11-17(16)24)27-14(3)19(21(29)30)28-23(22-26-9-10-33-22)13-25-12-18(23)32-6-2/h7-11,18,25,28H,5-6,12-13H2,1-4H3/t18-,23+/m0/s1. The second kappa shape index (κ2) is 9.80. The maximum atomic E-state index is 13.7. The van der Waals surface area contributed by atoms with Crippen molar-refractivity contribution in [2.24, 2.45) is 0 Å². The maximum absolute atomic E-state index is 13.7. The highest BCUT2D eigenvalue weighted by molar-refractivity contribution is 7.09. The molecule has 1 fully saturated rings. The minimum absolute atomic E-state index is 0.162. The van der Waals surface area contributed by atoms with E-state index in [0.29, 0.717) is 59.8 Å². The summed E-state index contributed by atoms with van der Waals surface area (Å²) in [4.78, 5) is 23.1. The molecule has 2 atom stereocenters. The molecular weight excluding hydrogens is 462 g/mol. The Kier molecular flexibility index (Phi) is 7.04. The summed E-state index contributed by atoms with van der Waals surface area (Å²) < 4.78 is 13.0. The highest BCUT2D eigenvalue weighted by Gasteiger charge is 2.48. The van der Waals surface area contributed by atoms with Crippen molar-refractivity contribution in [2.45, 2.75) is 39.0 Å². The first-order valence-corrected chi connectivity index (χ1v) is 12.2. The molecule has 176 valence electrons. The van der Waals surface area contributed by atoms with Gasteiger partial charge in [0.2, 0.25) is 0 Å². The van der Waals surface area contributed by atoms with Gasteiger partial charge in [0, 0.05) is 43.4 Å². The Morgan fingerprint density at radius 1 is 1.39 bits per heavy atom. The van der Waals surface area contributed by atoms with Crippen molar-refractivity contribution >= 4 is 28.6 Å². The molecular formula is C23H28ClN5O3S. The van der Waals surface area contributed by atoms with Crippen LogP contribution in [-0.2, 0) is 16.8 Å². The van der Waals surface area contributed by atoms with Crippen LogP contribution in [0.15, 0.2) is 34.6 Å². The van der Waals surface area contributed by atoms with E-state index in [1.807, 2.05) is 38.3 Å². The molecule has 0 spiro atoms. The average molecular weight is 490 g/mol. The zero-order valence-electron chi connectivity index (χ0n) is 19.1. The van der Waals surface area contributed by atoms with Crippen LogP contribution in [0.1, 0.15) is 24.5 Å². The first-order chi connectivity index (χ1) is 15.9. The SMILES string of the molecule is CCO[C@H]1CNC[C@]1(Nc1c(C)nc(-c2ccc(OC)cc2Cl)n(CC)c1=O)c1nccs1. The quantitative estimate of drug-likeness (QED) is 0.499. The summed E-state index contributed by atoms with van der Waals surface area (Å²) in [5.74, 6) is 1.16. The monoisotopic (exact) mass is 489 g/mol. The average Bonchev–Trinajstić information content (AvgIpc) is 3.48. The minimum Gasteiger partial charge on any atom is -0.497 e. The summed E-state index contributed by atoms with van der Waals surface area (Å²) >= 11 is 8.06. The number of rotatable bonds is 8. The van der Waals surface area contributed by atoms with Crippen LogP contribution in [0.2, 0.25) is 5.02 Å². The maximum Gasteiger partial charge on any atom is 0.277 e. The van der Waals surface area contributed by atoms with Gasteiger partial charge in [-0.2, -0.15) is 0 Å². The van der Waals surface area contributed by atoms with E-state index < -0.39 is 5.54 Å². The van der Waals surface area contributed by atoms with Crippen molar-refractivity contribution in [1.29, 1.82) is 0 Å². The lowest BCUT2D eigenvalue weighted by molar-refractivity contribution is 0.0396. The zero-order valence-corrected chi connectivity index (χ0v) is 20.7. The van der Waals surface area contributed by atoms with Gasteiger partial charge in [-0.1, -0.05) is 11.6 Å². The fraction of sp³-hybridized carbons (Fsp3) is 0.435. The zero-order chi connectivity index (χ0) is 23.6. The van der Waals surface area contributed by atoms with Gasteiger partial charge in [0.15, 0.2) is 0 Å². The van der Waals surface area contributed by atoms with Gasteiger partial charge in [0.05, 0.1) is 17.8 Å². The van der Waals surface area contributed by atoms with Crippen LogP contribution >= 0.6 is 22.9 Å². The normalized spacial score (nSPS) is 20.2. The molecule has 3 heterocycles. The van der Waals surface area contributed by atoms with Crippen molar-refractivity contribution in [1.82, 2.24) is 19.9 Å². The number of nitrogens with zero attached hydrogens (tertiary/aromatic N) is 3. The van der Waals surface area contributed by atoms with Gasteiger partial charge in [-0.3, -0.25) is 9.36 Å². The van der Waals surface area contributed by atoms with Crippen LogP contribution in [0.4, 0.5) is 5.69 Å². The fourth-order valence-corrected chi connectivity index (χ4v) is 5.35. The van der Waals surface area contributed by atoms with Crippen LogP contribution in [-0.4, -0.2) is 47.4 Å². The molecule has 3 aromatic rings. The first kappa shape index (κ1) is 23.7. The first-order valence-electron chi connectivity index (χ1n) is 10.9. The number of halogens is 1. The topological polar surface area (TPSA) is 90.3 Å². The molecule has 0 aliphatic carbocycles. The molecule has 1 saturated heterocycles. The Bertz CT molecular complexity index is 1180. The predicted molar refractivity (Wildman–Crippen MR) is 132 cm³/mol. The van der Waals surface area contributed by atoms with E-state index in [0.717, 1.165) is 5.01 Å². The second-order valence-corrected chi connectivity index (χ2v) is 9.10. The van der Waals surface area contributed by atoms with E-state index in [4.69, 9.17) is 26.1 Å². The number of thiazole rings is 1. The predicted octanol–water partition coefficient (Wildman–Crippen LogP) is 3.67. The molecule has 0 saturated carbocycles. The molecule has 1 aromatic carbocycles. The van der Waals surface area contributed by atoms with E-state index in [9.17, 15) is 4.79 Å². The third-order valence-electron chi connectivity index (χ3n) is 5.90. The molecule has 0 unspecified atom stereocenters. The Balaban J connectivity index is 1.83. The minimum atomic E-state index is -0.666. The lowest BCUT2D eigenvalue weighted by Crippen LogP contribution is -2.49. The molecule has 0 radical (unpaired) electrons. The molecule has 0 bridgehead atoms. The third-order valence-corrected chi connectivity index (χ3v) is 7.16. The van der Waals surface area contributed by atoms with Gasteiger partial charge in [0.1, 0.15) is 33.9 Å². The molecule has 2 N–H and O–H groups in total. The lowest BCUT2D eigenvalue weighted by Gasteiger charge is -2.34. The van der Waals surface area contributed by atoms with Gasteiger partial charge >= 0.3 is 0 Å². The number of hydrogen-bond acceptors (Lipinski definition) is 8. The molecule has 4 rings (SSSR count). The summed E-state index contributed by atoms with van der Waals surface area (Å²) in [7, 11) is 1.59. The van der Waals surface area contributed by atoms with Gasteiger partial charge in [-0.05, 0) is 39.0 Å². The van der Waals surface area contributed by atoms with Gasteiger partial charge in [-0.15, -0.1) is 11.3 Å². The lowest BCUT2D eigenvalue weighted by atomic mass is 9.95. The van der Waals surface area contributed by atoms with E-state index in [2.05, 4.69) is 15.6 Å². The molecule has 33 heavy (non-hydrogen) atoms. The highest BCUT2D eigenvalue weighted by atomic mass is 35.5. The molecule has 10 heteroatoms. The number of aryl methyl sites for hydroxylation is 1. The van der Waals surface area contributed by atoms with Crippen LogP contribution in [0.25, 0.3) is 11.4 Å². The van der Waals surface area contributed by atoms with Crippen LogP contribution < -0.4 is 20.9 Å². The smallest absolute Gasteiger partial charge is 0.277 e. The summed E-state index contributed by atoms with van der Waals surface area (Å²) in [6.07, 6.45) is 1.59. The number of aromatic nitrogens is 3. The number of hydrogen-bond donors (Lipinski definition) is 2. The molecule has 1 aliphatic heterocycles. The van der Waals surface area contributed by atoms with Gasteiger partial charge < -0.3 is 20.1 Å². The number of ether oxygens (including phenoxy) is 2. The van der Waals surface area contributed by atoms with E-state index in [-0.39, 0.29) is 11.7 Å². The van der Waals surface area contributed by atoms with Crippen molar-refractivity contribution in [2.75, 3.05) is 32.1 Å². The third kappa shape index (κ3) is 4.26. The Hall–Kier alpha value is -2.46. The van der Waals surface area contributed by atoms with E-state index in [1.54, 1.807) is 35.3 Å². The molecule has 8 nitrogen and oxygen atoms in total. The van der Waals surface area contributed by atoms with E-state index >= 15 is 0 Å². The number of nitrogens with one attached hydrogen (secondary N) is 2. The van der Waals surface area contributed by atoms with Crippen molar-refractivity contribution in [3.05, 3.63) is 55.9 Å². The molecule has 0 amide bonds. The van der Waals surface area contributed by atoms with E-state index in [1.165, 1.54) is 0 Å². The summed E-state index contributed by atoms with van der Waals surface area (Å²) in [6.45, 7) is 7.96. The fourth-order valence-electron chi connectivity index (χ4n) is 4.26. The van der Waals surface area contributed by atoms with Crippen molar-refractivity contribution in [3.63, 3.8) is 0 Å². The largest absolute Gasteiger partial charge is 0.497 e. The van der Waals surface area contributed by atoms with Crippen molar-refractivity contribution < 1.29 is 9.47 Å². The number of anilines is 1. The Labute approximate surface area is 201 Å². The van der Waals surface area contributed by atoms with Gasteiger partial charge in [-0.25, -0.2) is 9.97 Å². The highest BCUT2D eigenvalue weighted by Crippen LogP contribution is 2.36. The Morgan fingerprint density at radius 3 is 2.85 bits per heavy atom. The molecule has 2 aromatic heterocycles. The second-order valence-electron chi connectivity index (χ2n) is 7.80. The summed E-state index contributed by atoms with van der Waals surface area (Å²) in [5.41, 5.74) is 0.875. The van der Waals surface area contributed by atoms with Crippen molar-refractivity contribution in [3.8, 4) is 17.1 Å². The van der Waals surface area contributed by atoms with Gasteiger partial charge in [0.25, 0.3) is 5.56 Å². The van der Waals surface area contributed by atoms with Crippen LogP contribution in [0.5, 0.6) is 5.75 Å². The van der Waals surface area contributed by atoms with Crippen LogP contribution in [0, 0.1) is 6.92 Å².